The Morgan fingerprint density at radius 3 is 2.89 bits per heavy atom. The molecule has 1 fully saturated rings. The van der Waals surface area contributed by atoms with Crippen LogP contribution in [0.5, 0.6) is 0 Å². The number of carbonyl (C=O) groups excluding carboxylic acids is 1. The van der Waals surface area contributed by atoms with Crippen molar-refractivity contribution in [3.8, 4) is 0 Å². The van der Waals surface area contributed by atoms with Crippen LogP contribution < -0.4 is 5.32 Å². The molecule has 19 heavy (non-hydrogen) atoms. The van der Waals surface area contributed by atoms with Crippen LogP contribution in [0.25, 0.3) is 0 Å². The summed E-state index contributed by atoms with van der Waals surface area (Å²) >= 11 is 6.16. The highest BCUT2D eigenvalue weighted by molar-refractivity contribution is 6.33. The molecule has 104 valence electrons. The van der Waals surface area contributed by atoms with E-state index in [1.165, 1.54) is 7.11 Å². The number of hydrogen-bond acceptors (Lipinski definition) is 4. The second kappa shape index (κ2) is 5.80. The smallest absolute Gasteiger partial charge is 0.331 e. The zero-order valence-electron chi connectivity index (χ0n) is 11.1. The van der Waals surface area contributed by atoms with E-state index >= 15 is 0 Å². The molecule has 0 bridgehead atoms. The van der Waals surface area contributed by atoms with Gasteiger partial charge >= 0.3 is 5.97 Å². The first-order valence-electron chi connectivity index (χ1n) is 6.29. The predicted molar refractivity (Wildman–Crippen MR) is 74.4 cm³/mol. The van der Waals surface area contributed by atoms with E-state index in [-0.39, 0.29) is 11.9 Å². The molecule has 0 spiro atoms. The zero-order chi connectivity index (χ0) is 13.9. The van der Waals surface area contributed by atoms with Gasteiger partial charge < -0.3 is 14.8 Å². The molecule has 1 aliphatic rings. The van der Waals surface area contributed by atoms with E-state index in [9.17, 15) is 4.79 Å². The molecule has 0 aliphatic carbocycles. The summed E-state index contributed by atoms with van der Waals surface area (Å²) in [5.74, 6) is -0.270. The number of ether oxygens (including phenoxy) is 2. The Morgan fingerprint density at radius 1 is 1.53 bits per heavy atom. The normalized spacial score (nSPS) is 26.8. The van der Waals surface area contributed by atoms with Crippen LogP contribution in [0.15, 0.2) is 24.3 Å². The standard InChI is InChI=1S/C14H18ClNO3/c1-10-9-19-8-7-14(10,13(17)18-2)16-12-6-4-3-5-11(12)15/h3-6,10,16H,7-9H2,1-2H3. The molecule has 1 saturated heterocycles. The summed E-state index contributed by atoms with van der Waals surface area (Å²) in [6.07, 6.45) is 0.562. The molecule has 0 aromatic heterocycles. The number of methoxy groups -OCH3 is 1. The number of benzene rings is 1. The van der Waals surface area contributed by atoms with Gasteiger partial charge in [0.2, 0.25) is 0 Å². The second-order valence-electron chi connectivity index (χ2n) is 4.79. The van der Waals surface area contributed by atoms with Crippen molar-refractivity contribution in [3.05, 3.63) is 29.3 Å². The van der Waals surface area contributed by atoms with E-state index < -0.39 is 5.54 Å². The fraction of sp³-hybridized carbons (Fsp3) is 0.500. The summed E-state index contributed by atoms with van der Waals surface area (Å²) in [5, 5.41) is 3.86. The third-order valence-corrected chi connectivity index (χ3v) is 3.96. The molecule has 0 saturated carbocycles. The van der Waals surface area contributed by atoms with E-state index in [1.54, 1.807) is 6.07 Å². The largest absolute Gasteiger partial charge is 0.467 e. The van der Waals surface area contributed by atoms with Gasteiger partial charge in [-0.15, -0.1) is 0 Å². The maximum atomic E-state index is 12.2. The minimum absolute atomic E-state index is 0.00460. The van der Waals surface area contributed by atoms with Crippen molar-refractivity contribution < 1.29 is 14.3 Å². The van der Waals surface area contributed by atoms with E-state index in [0.29, 0.717) is 24.7 Å². The zero-order valence-corrected chi connectivity index (χ0v) is 11.9. The summed E-state index contributed by atoms with van der Waals surface area (Å²) in [5.41, 5.74) is -0.0406. The predicted octanol–water partition coefficient (Wildman–Crippen LogP) is 2.72. The highest BCUT2D eigenvalue weighted by Gasteiger charge is 2.47. The SMILES string of the molecule is COC(=O)C1(Nc2ccccc2Cl)CCOCC1C. The van der Waals surface area contributed by atoms with Crippen LogP contribution in [-0.4, -0.2) is 31.8 Å². The lowest BCUT2D eigenvalue weighted by Crippen LogP contribution is -2.56. The van der Waals surface area contributed by atoms with Crippen molar-refractivity contribution >= 4 is 23.3 Å². The van der Waals surface area contributed by atoms with Gasteiger partial charge in [0.1, 0.15) is 5.54 Å². The number of anilines is 1. The Kier molecular flexibility index (Phi) is 4.32. The van der Waals surface area contributed by atoms with E-state index in [2.05, 4.69) is 5.32 Å². The minimum atomic E-state index is -0.780. The Hall–Kier alpha value is -1.26. The van der Waals surface area contributed by atoms with Gasteiger partial charge in [0.15, 0.2) is 0 Å². The fourth-order valence-electron chi connectivity index (χ4n) is 2.41. The summed E-state index contributed by atoms with van der Waals surface area (Å²) in [6.45, 7) is 3.02. The average Bonchev–Trinajstić information content (AvgIpc) is 2.43. The van der Waals surface area contributed by atoms with Gasteiger partial charge in [-0.05, 0) is 12.1 Å². The molecular formula is C14H18ClNO3. The first-order valence-corrected chi connectivity index (χ1v) is 6.67. The number of para-hydroxylation sites is 1. The van der Waals surface area contributed by atoms with Crippen molar-refractivity contribution in [2.45, 2.75) is 18.9 Å². The lowest BCUT2D eigenvalue weighted by molar-refractivity contribution is -0.152. The van der Waals surface area contributed by atoms with Crippen molar-refractivity contribution in [1.29, 1.82) is 0 Å². The Balaban J connectivity index is 2.33. The Labute approximate surface area is 118 Å². The summed E-state index contributed by atoms with van der Waals surface area (Å²) in [7, 11) is 1.40. The highest BCUT2D eigenvalue weighted by atomic mass is 35.5. The van der Waals surface area contributed by atoms with Gasteiger partial charge in [0.05, 0.1) is 24.4 Å². The third-order valence-electron chi connectivity index (χ3n) is 3.63. The van der Waals surface area contributed by atoms with Crippen LogP contribution in [0.2, 0.25) is 5.02 Å². The molecule has 2 atom stereocenters. The quantitative estimate of drug-likeness (QED) is 0.867. The van der Waals surface area contributed by atoms with Gasteiger partial charge in [0, 0.05) is 18.9 Å². The van der Waals surface area contributed by atoms with Crippen molar-refractivity contribution in [2.75, 3.05) is 25.6 Å². The van der Waals surface area contributed by atoms with Crippen LogP contribution in [0.3, 0.4) is 0 Å². The van der Waals surface area contributed by atoms with Crippen LogP contribution >= 0.6 is 11.6 Å². The monoisotopic (exact) mass is 283 g/mol. The van der Waals surface area contributed by atoms with Crippen LogP contribution in [0.1, 0.15) is 13.3 Å². The lowest BCUT2D eigenvalue weighted by atomic mass is 9.80. The molecule has 2 rings (SSSR count). The van der Waals surface area contributed by atoms with Crippen molar-refractivity contribution in [1.82, 2.24) is 0 Å². The topological polar surface area (TPSA) is 47.6 Å². The number of halogens is 1. The van der Waals surface area contributed by atoms with Crippen LogP contribution in [0.4, 0.5) is 5.69 Å². The van der Waals surface area contributed by atoms with E-state index in [4.69, 9.17) is 21.1 Å². The number of carbonyl (C=O) groups is 1. The number of nitrogens with one attached hydrogen (secondary N) is 1. The first-order chi connectivity index (χ1) is 9.10. The van der Waals surface area contributed by atoms with Crippen LogP contribution in [0, 0.1) is 5.92 Å². The number of esters is 1. The molecular weight excluding hydrogens is 266 g/mol. The molecule has 1 heterocycles. The maximum absolute atomic E-state index is 12.2. The summed E-state index contributed by atoms with van der Waals surface area (Å²) < 4.78 is 10.4. The molecule has 2 unspecified atom stereocenters. The fourth-order valence-corrected chi connectivity index (χ4v) is 2.59. The highest BCUT2D eigenvalue weighted by Crippen LogP contribution is 2.34. The van der Waals surface area contributed by atoms with Crippen molar-refractivity contribution in [2.24, 2.45) is 5.92 Å². The van der Waals surface area contributed by atoms with Gasteiger partial charge in [-0.2, -0.15) is 0 Å². The molecule has 5 heteroatoms. The molecule has 0 amide bonds. The summed E-state index contributed by atoms with van der Waals surface area (Å²) in [6, 6.07) is 7.38. The summed E-state index contributed by atoms with van der Waals surface area (Å²) in [4.78, 5) is 12.2. The second-order valence-corrected chi connectivity index (χ2v) is 5.20. The molecule has 0 radical (unpaired) electrons. The van der Waals surface area contributed by atoms with E-state index in [0.717, 1.165) is 5.69 Å². The van der Waals surface area contributed by atoms with Gasteiger partial charge in [0.25, 0.3) is 0 Å². The van der Waals surface area contributed by atoms with Crippen LogP contribution in [-0.2, 0) is 14.3 Å². The van der Waals surface area contributed by atoms with Gasteiger partial charge in [-0.3, -0.25) is 0 Å². The molecule has 1 aliphatic heterocycles. The molecule has 1 aromatic rings. The Morgan fingerprint density at radius 2 is 2.26 bits per heavy atom. The number of hydrogen-bond donors (Lipinski definition) is 1. The first kappa shape index (κ1) is 14.2. The van der Waals surface area contributed by atoms with Gasteiger partial charge in [-0.1, -0.05) is 30.7 Å². The van der Waals surface area contributed by atoms with E-state index in [1.807, 2.05) is 25.1 Å². The number of rotatable bonds is 3. The van der Waals surface area contributed by atoms with Gasteiger partial charge in [-0.25, -0.2) is 4.79 Å². The third kappa shape index (κ3) is 2.69. The van der Waals surface area contributed by atoms with Crippen molar-refractivity contribution in [3.63, 3.8) is 0 Å². The average molecular weight is 284 g/mol. The maximum Gasteiger partial charge on any atom is 0.331 e. The minimum Gasteiger partial charge on any atom is -0.467 e. The molecule has 1 aromatic carbocycles. The Bertz CT molecular complexity index is 466. The lowest BCUT2D eigenvalue weighted by Gasteiger charge is -2.41. The molecule has 1 N–H and O–H groups in total. The molecule has 4 nitrogen and oxygen atoms in total.